The second kappa shape index (κ2) is 13.1. The number of esters is 1. The Hall–Kier alpha value is -4.74. The van der Waals surface area contributed by atoms with Crippen LogP contribution in [0.2, 0.25) is 0 Å². The van der Waals surface area contributed by atoms with Crippen LogP contribution in [0.3, 0.4) is 0 Å². The van der Waals surface area contributed by atoms with Crippen LogP contribution >= 0.6 is 0 Å². The summed E-state index contributed by atoms with van der Waals surface area (Å²) in [7, 11) is 0. The molecular weight excluding hydrogens is 558 g/mol. The number of alkyl carbamates (subject to hydrolysis) is 1. The van der Waals surface area contributed by atoms with Gasteiger partial charge in [0.05, 0.1) is 0 Å². The fourth-order valence-corrected chi connectivity index (χ4v) is 4.91. The first-order valence-corrected chi connectivity index (χ1v) is 14.1. The lowest BCUT2D eigenvalue weighted by molar-refractivity contribution is -0.198. The summed E-state index contributed by atoms with van der Waals surface area (Å²) in [6.45, 7) is 6.40. The summed E-state index contributed by atoms with van der Waals surface area (Å²) in [4.78, 5) is 79.3. The number of ether oxygens (including phenoxy) is 2. The van der Waals surface area contributed by atoms with Crippen molar-refractivity contribution >= 4 is 35.8 Å². The Kier molecular flexibility index (Phi) is 9.47. The van der Waals surface area contributed by atoms with Crippen LogP contribution in [0.4, 0.5) is 4.79 Å². The van der Waals surface area contributed by atoms with E-state index in [0.717, 1.165) is 22.3 Å². The summed E-state index contributed by atoms with van der Waals surface area (Å²) in [5.74, 6) is -3.98. The van der Waals surface area contributed by atoms with Crippen LogP contribution in [0.1, 0.15) is 70.4 Å². The minimum atomic E-state index is -1.29. The molecule has 0 spiro atoms. The third-order valence-corrected chi connectivity index (χ3v) is 6.91. The summed E-state index contributed by atoms with van der Waals surface area (Å²) in [5, 5.41) is 5.26. The number of carbonyl (C=O) groups excluding carboxylic acids is 6. The highest BCUT2D eigenvalue weighted by Gasteiger charge is 2.35. The molecule has 0 aromatic heterocycles. The normalized spacial score (nSPS) is 15.7. The van der Waals surface area contributed by atoms with Crippen molar-refractivity contribution in [1.82, 2.24) is 15.7 Å². The van der Waals surface area contributed by atoms with Gasteiger partial charge in [-0.05, 0) is 56.4 Å². The van der Waals surface area contributed by atoms with E-state index < -0.39 is 53.4 Å². The Morgan fingerprint density at radius 1 is 0.907 bits per heavy atom. The van der Waals surface area contributed by atoms with Crippen molar-refractivity contribution < 1.29 is 43.1 Å². The number of nitrogens with zero attached hydrogens (tertiary/aromatic N) is 1. The Morgan fingerprint density at radius 2 is 1.47 bits per heavy atom. The highest BCUT2D eigenvalue weighted by atomic mass is 16.7. The van der Waals surface area contributed by atoms with Gasteiger partial charge < -0.3 is 24.9 Å². The van der Waals surface area contributed by atoms with Crippen LogP contribution in [0.5, 0.6) is 0 Å². The quantitative estimate of drug-likeness (QED) is 0.312. The molecule has 0 unspecified atom stereocenters. The summed E-state index contributed by atoms with van der Waals surface area (Å²) in [6, 6.07) is 13.1. The molecule has 4 amide bonds. The smallest absolute Gasteiger partial charge is 0.407 e. The first-order valence-electron chi connectivity index (χ1n) is 14.1. The van der Waals surface area contributed by atoms with Gasteiger partial charge in [0.15, 0.2) is 0 Å². The number of rotatable bonds is 10. The molecule has 1 aliphatic heterocycles. The fraction of sp³-hybridized carbons (Fsp3) is 0.419. The predicted molar refractivity (Wildman–Crippen MR) is 152 cm³/mol. The predicted octanol–water partition coefficient (Wildman–Crippen LogP) is 3.13. The molecule has 0 saturated carbocycles. The fourth-order valence-electron chi connectivity index (χ4n) is 4.91. The Bertz CT molecular complexity index is 1370. The van der Waals surface area contributed by atoms with Crippen molar-refractivity contribution in [1.29, 1.82) is 0 Å². The van der Waals surface area contributed by atoms with E-state index in [-0.39, 0.29) is 38.2 Å². The highest BCUT2D eigenvalue weighted by molar-refractivity contribution is 6.02. The van der Waals surface area contributed by atoms with Crippen molar-refractivity contribution in [2.45, 2.75) is 77.0 Å². The van der Waals surface area contributed by atoms with Crippen molar-refractivity contribution in [2.75, 3.05) is 6.61 Å². The van der Waals surface area contributed by atoms with Gasteiger partial charge >= 0.3 is 18.0 Å². The molecule has 0 radical (unpaired) electrons. The molecule has 1 aliphatic carbocycles. The van der Waals surface area contributed by atoms with Gasteiger partial charge in [0.2, 0.25) is 5.91 Å². The van der Waals surface area contributed by atoms with E-state index in [1.165, 1.54) is 6.92 Å². The summed E-state index contributed by atoms with van der Waals surface area (Å²) >= 11 is 0. The maximum absolute atomic E-state index is 13.2. The number of carbonyl (C=O) groups is 6. The van der Waals surface area contributed by atoms with Gasteiger partial charge in [-0.1, -0.05) is 48.5 Å². The number of nitrogens with one attached hydrogen (secondary N) is 2. The molecule has 2 N–H and O–H groups in total. The number of fused-ring (bicyclic) bond motifs is 3. The van der Waals surface area contributed by atoms with Crippen molar-refractivity contribution in [3.05, 3.63) is 59.7 Å². The van der Waals surface area contributed by atoms with E-state index in [2.05, 4.69) is 10.6 Å². The summed E-state index contributed by atoms with van der Waals surface area (Å²) < 4.78 is 10.9. The number of benzene rings is 2. The highest BCUT2D eigenvalue weighted by Crippen LogP contribution is 2.44. The third kappa shape index (κ3) is 7.76. The SMILES string of the molecule is C[C@H](NC(=O)[C@H](CCC(=O)OC(C)(C)C)NC(=O)OCC1c2ccccc2-c2ccccc21)C(=O)ON1C(=O)CCC1=O. The molecular formula is C31H35N3O9. The summed E-state index contributed by atoms with van der Waals surface area (Å²) in [5.41, 5.74) is 3.38. The minimum absolute atomic E-state index is 0.000878. The maximum atomic E-state index is 13.2. The molecule has 2 atom stereocenters. The van der Waals surface area contributed by atoms with E-state index in [9.17, 15) is 28.8 Å². The van der Waals surface area contributed by atoms with Crippen LogP contribution in [0, 0.1) is 0 Å². The molecule has 12 nitrogen and oxygen atoms in total. The van der Waals surface area contributed by atoms with Gasteiger partial charge in [-0.3, -0.25) is 19.2 Å². The van der Waals surface area contributed by atoms with E-state index >= 15 is 0 Å². The lowest BCUT2D eigenvalue weighted by Gasteiger charge is -2.23. The van der Waals surface area contributed by atoms with E-state index in [4.69, 9.17) is 14.3 Å². The Balaban J connectivity index is 1.40. The molecule has 2 aromatic carbocycles. The second-order valence-electron chi connectivity index (χ2n) is 11.4. The van der Waals surface area contributed by atoms with Crippen LogP contribution in [0.25, 0.3) is 11.1 Å². The molecule has 1 heterocycles. The first-order chi connectivity index (χ1) is 20.3. The number of hydrogen-bond donors (Lipinski definition) is 2. The van der Waals surface area contributed by atoms with Crippen LogP contribution in [-0.4, -0.2) is 65.1 Å². The van der Waals surface area contributed by atoms with Crippen molar-refractivity contribution in [3.8, 4) is 11.1 Å². The zero-order valence-corrected chi connectivity index (χ0v) is 24.5. The molecule has 0 bridgehead atoms. The monoisotopic (exact) mass is 593 g/mol. The molecule has 228 valence electrons. The average Bonchev–Trinajstić information content (AvgIpc) is 3.44. The zero-order chi connectivity index (χ0) is 31.3. The molecule has 2 aromatic rings. The lowest BCUT2D eigenvalue weighted by Crippen LogP contribution is -2.52. The van der Waals surface area contributed by atoms with Crippen LogP contribution < -0.4 is 10.6 Å². The van der Waals surface area contributed by atoms with Crippen molar-refractivity contribution in [3.63, 3.8) is 0 Å². The van der Waals surface area contributed by atoms with Gasteiger partial charge in [-0.15, -0.1) is 5.06 Å². The molecule has 1 saturated heterocycles. The van der Waals surface area contributed by atoms with E-state index in [1.54, 1.807) is 20.8 Å². The maximum Gasteiger partial charge on any atom is 0.407 e. The van der Waals surface area contributed by atoms with Gasteiger partial charge in [-0.25, -0.2) is 9.59 Å². The standard InChI is InChI=1S/C31H35N3O9/c1-18(29(39)43-34-25(35)14-15-26(34)36)32-28(38)24(13-16-27(37)42-31(2,3)4)33-30(40)41-17-23-21-11-7-5-9-19(21)20-10-6-8-12-22(20)23/h5-12,18,23-24H,13-17H2,1-4H3,(H,32,38)(H,33,40)/t18-,24-/m0/s1. The van der Waals surface area contributed by atoms with Crippen LogP contribution in [0.15, 0.2) is 48.5 Å². The lowest BCUT2D eigenvalue weighted by atomic mass is 9.98. The van der Waals surface area contributed by atoms with Crippen LogP contribution in [-0.2, 0) is 38.3 Å². The number of imide groups is 1. The zero-order valence-electron chi connectivity index (χ0n) is 24.5. The Labute approximate surface area is 249 Å². The minimum Gasteiger partial charge on any atom is -0.460 e. The van der Waals surface area contributed by atoms with Gasteiger partial charge in [0, 0.05) is 25.2 Å². The van der Waals surface area contributed by atoms with Gasteiger partial charge in [0.25, 0.3) is 11.8 Å². The average molecular weight is 594 g/mol. The van der Waals surface area contributed by atoms with Crippen molar-refractivity contribution in [2.24, 2.45) is 0 Å². The Morgan fingerprint density at radius 3 is 2.02 bits per heavy atom. The molecule has 43 heavy (non-hydrogen) atoms. The van der Waals surface area contributed by atoms with E-state index in [0.29, 0.717) is 5.06 Å². The largest absolute Gasteiger partial charge is 0.460 e. The third-order valence-electron chi connectivity index (χ3n) is 6.91. The molecule has 4 rings (SSSR count). The number of hydroxylamine groups is 2. The van der Waals surface area contributed by atoms with Gasteiger partial charge in [-0.2, -0.15) is 0 Å². The summed E-state index contributed by atoms with van der Waals surface area (Å²) in [6.07, 6.45) is -1.42. The second-order valence-corrected chi connectivity index (χ2v) is 11.4. The molecule has 2 aliphatic rings. The number of hydrogen-bond acceptors (Lipinski definition) is 9. The first kappa shape index (κ1) is 31.2. The number of amides is 4. The van der Waals surface area contributed by atoms with E-state index in [1.807, 2.05) is 48.5 Å². The van der Waals surface area contributed by atoms with Gasteiger partial charge in [0.1, 0.15) is 24.3 Å². The topological polar surface area (TPSA) is 157 Å². The molecule has 1 fully saturated rings. The molecule has 12 heteroatoms.